The molecule has 2 aromatic carbocycles. The van der Waals surface area contributed by atoms with Crippen molar-refractivity contribution in [3.8, 4) is 17.2 Å². The predicted octanol–water partition coefficient (Wildman–Crippen LogP) is 3.44. The quantitative estimate of drug-likeness (QED) is 0.639. The molecule has 2 aliphatic heterocycles. The lowest BCUT2D eigenvalue weighted by Gasteiger charge is -2.32. The summed E-state index contributed by atoms with van der Waals surface area (Å²) in [5.74, 6) is 0.165. The first-order valence-corrected chi connectivity index (χ1v) is 12.1. The van der Waals surface area contributed by atoms with Crippen molar-refractivity contribution >= 4 is 27.4 Å². The van der Waals surface area contributed by atoms with E-state index in [1.165, 1.54) is 48.7 Å². The fourth-order valence-corrected chi connectivity index (χ4v) is 5.99. The molecule has 33 heavy (non-hydrogen) atoms. The standard InChI is InChI=1S/C23H26N2O7S/c1-14-6-4-5-9-25(14)33(28,29)22-10-16(7-8-19(22)30-3)23(27)24-18-12-21-20(31-13-32-21)11-17(18)15(2)26/h7-8,10-12,14H,4-6,9,13H2,1-3H3,(H,24,27)/t14-/m0/s1. The largest absolute Gasteiger partial charge is 0.495 e. The molecule has 4 rings (SSSR count). The van der Waals surface area contributed by atoms with Gasteiger partial charge in [-0.3, -0.25) is 9.59 Å². The van der Waals surface area contributed by atoms with E-state index in [0.717, 1.165) is 19.3 Å². The van der Waals surface area contributed by atoms with Gasteiger partial charge >= 0.3 is 0 Å². The van der Waals surface area contributed by atoms with Crippen molar-refractivity contribution in [3.63, 3.8) is 0 Å². The second-order valence-electron chi connectivity index (χ2n) is 8.09. The smallest absolute Gasteiger partial charge is 0.255 e. The molecule has 1 atom stereocenters. The summed E-state index contributed by atoms with van der Waals surface area (Å²) < 4.78 is 44.3. The molecule has 0 aliphatic carbocycles. The van der Waals surface area contributed by atoms with Crippen molar-refractivity contribution in [2.24, 2.45) is 0 Å². The van der Waals surface area contributed by atoms with Crippen LogP contribution in [0.5, 0.6) is 17.2 Å². The van der Waals surface area contributed by atoms with Crippen molar-refractivity contribution in [2.45, 2.75) is 44.0 Å². The Hall–Kier alpha value is -3.11. The van der Waals surface area contributed by atoms with Gasteiger partial charge in [0.15, 0.2) is 17.3 Å². The van der Waals surface area contributed by atoms with Crippen LogP contribution in [0.4, 0.5) is 5.69 Å². The van der Waals surface area contributed by atoms with Gasteiger partial charge in [0, 0.05) is 29.8 Å². The van der Waals surface area contributed by atoms with Crippen LogP contribution in [-0.4, -0.2) is 50.9 Å². The molecule has 176 valence electrons. The number of carbonyl (C=O) groups excluding carboxylic acids is 2. The maximum Gasteiger partial charge on any atom is 0.255 e. The van der Waals surface area contributed by atoms with Gasteiger partial charge < -0.3 is 19.5 Å². The number of rotatable bonds is 6. The Balaban J connectivity index is 1.68. The van der Waals surface area contributed by atoms with E-state index in [-0.39, 0.29) is 46.1 Å². The van der Waals surface area contributed by atoms with E-state index in [1.807, 2.05) is 6.92 Å². The summed E-state index contributed by atoms with van der Waals surface area (Å²) in [6.45, 7) is 3.70. The predicted molar refractivity (Wildman–Crippen MR) is 121 cm³/mol. The zero-order chi connectivity index (χ0) is 23.8. The number of fused-ring (bicyclic) bond motifs is 1. The minimum absolute atomic E-state index is 0.0265. The highest BCUT2D eigenvalue weighted by atomic mass is 32.2. The minimum atomic E-state index is -3.87. The second-order valence-corrected chi connectivity index (χ2v) is 9.95. The number of ketones is 1. The number of benzene rings is 2. The number of hydrogen-bond acceptors (Lipinski definition) is 7. The van der Waals surface area contributed by atoms with Crippen LogP contribution in [0.1, 0.15) is 53.8 Å². The van der Waals surface area contributed by atoms with Crippen molar-refractivity contribution in [1.82, 2.24) is 4.31 Å². The maximum absolute atomic E-state index is 13.4. The van der Waals surface area contributed by atoms with E-state index in [2.05, 4.69) is 5.32 Å². The molecular weight excluding hydrogens is 448 g/mol. The fraction of sp³-hybridized carbons (Fsp3) is 0.391. The summed E-state index contributed by atoms with van der Waals surface area (Å²) in [6, 6.07) is 7.15. The van der Waals surface area contributed by atoms with Crippen molar-refractivity contribution in [3.05, 3.63) is 41.5 Å². The van der Waals surface area contributed by atoms with E-state index < -0.39 is 15.9 Å². The normalized spacial score (nSPS) is 18.1. The summed E-state index contributed by atoms with van der Waals surface area (Å²) >= 11 is 0. The third-order valence-electron chi connectivity index (χ3n) is 5.89. The van der Waals surface area contributed by atoms with Crippen LogP contribution >= 0.6 is 0 Å². The number of hydrogen-bond donors (Lipinski definition) is 1. The molecule has 0 aromatic heterocycles. The summed E-state index contributed by atoms with van der Waals surface area (Å²) in [5.41, 5.74) is 0.629. The molecule has 2 aromatic rings. The summed E-state index contributed by atoms with van der Waals surface area (Å²) in [6.07, 6.45) is 2.53. The molecule has 0 bridgehead atoms. The molecule has 1 saturated heterocycles. The van der Waals surface area contributed by atoms with Gasteiger partial charge in [0.25, 0.3) is 5.91 Å². The number of anilines is 1. The van der Waals surface area contributed by atoms with E-state index in [4.69, 9.17) is 14.2 Å². The highest BCUT2D eigenvalue weighted by Gasteiger charge is 2.33. The van der Waals surface area contributed by atoms with Crippen molar-refractivity contribution in [1.29, 1.82) is 0 Å². The first-order valence-electron chi connectivity index (χ1n) is 10.7. The SMILES string of the molecule is COc1ccc(C(=O)Nc2cc3c(cc2C(C)=O)OCO3)cc1S(=O)(=O)N1CCCC[C@@H]1C. The van der Waals surface area contributed by atoms with Crippen molar-refractivity contribution in [2.75, 3.05) is 25.8 Å². The van der Waals surface area contributed by atoms with Gasteiger partial charge in [-0.1, -0.05) is 6.42 Å². The molecule has 2 aliphatic rings. The first kappa shape index (κ1) is 23.1. The molecule has 2 heterocycles. The van der Waals surface area contributed by atoms with Crippen LogP contribution in [0.2, 0.25) is 0 Å². The number of nitrogens with one attached hydrogen (secondary N) is 1. The zero-order valence-corrected chi connectivity index (χ0v) is 19.5. The minimum Gasteiger partial charge on any atom is -0.495 e. The number of sulfonamides is 1. The lowest BCUT2D eigenvalue weighted by Crippen LogP contribution is -2.42. The van der Waals surface area contributed by atoms with E-state index in [1.54, 1.807) is 0 Å². The van der Waals surface area contributed by atoms with E-state index >= 15 is 0 Å². The van der Waals surface area contributed by atoms with Gasteiger partial charge in [-0.05, 0) is 51.0 Å². The highest BCUT2D eigenvalue weighted by molar-refractivity contribution is 7.89. The molecule has 0 spiro atoms. The lowest BCUT2D eigenvalue weighted by molar-refractivity contribution is 0.101. The number of ether oxygens (including phenoxy) is 3. The Bertz CT molecular complexity index is 1210. The average molecular weight is 475 g/mol. The summed E-state index contributed by atoms with van der Waals surface area (Å²) in [4.78, 5) is 25.1. The van der Waals surface area contributed by atoms with Crippen LogP contribution in [-0.2, 0) is 10.0 Å². The number of carbonyl (C=O) groups is 2. The summed E-state index contributed by atoms with van der Waals surface area (Å²) in [5, 5.41) is 2.70. The van der Waals surface area contributed by atoms with Gasteiger partial charge in [0.05, 0.1) is 12.8 Å². The van der Waals surface area contributed by atoms with Gasteiger partial charge in [0.1, 0.15) is 10.6 Å². The summed E-state index contributed by atoms with van der Waals surface area (Å²) in [7, 11) is -2.49. The second kappa shape index (κ2) is 9.03. The number of nitrogens with zero attached hydrogens (tertiary/aromatic N) is 1. The molecular formula is C23H26N2O7S. The highest BCUT2D eigenvalue weighted by Crippen LogP contribution is 2.38. The molecule has 1 fully saturated rings. The van der Waals surface area contributed by atoms with Crippen LogP contribution in [0.25, 0.3) is 0 Å². The van der Waals surface area contributed by atoms with Gasteiger partial charge in [0.2, 0.25) is 16.8 Å². The van der Waals surface area contributed by atoms with Crippen LogP contribution in [0.3, 0.4) is 0 Å². The van der Waals surface area contributed by atoms with Gasteiger partial charge in [-0.25, -0.2) is 8.42 Å². The number of piperidine rings is 1. The first-order chi connectivity index (χ1) is 15.7. The van der Waals surface area contributed by atoms with Gasteiger partial charge in [-0.15, -0.1) is 0 Å². The van der Waals surface area contributed by atoms with Crippen LogP contribution in [0, 0.1) is 0 Å². The Morgan fingerprint density at radius 3 is 2.52 bits per heavy atom. The van der Waals surface area contributed by atoms with E-state index in [9.17, 15) is 18.0 Å². The van der Waals surface area contributed by atoms with Gasteiger partial charge in [-0.2, -0.15) is 4.31 Å². The molecule has 10 heteroatoms. The Morgan fingerprint density at radius 1 is 1.12 bits per heavy atom. The molecule has 1 N–H and O–H groups in total. The molecule has 0 radical (unpaired) electrons. The topological polar surface area (TPSA) is 111 Å². The molecule has 0 saturated carbocycles. The van der Waals surface area contributed by atoms with Crippen molar-refractivity contribution < 1.29 is 32.2 Å². The third-order valence-corrected chi connectivity index (χ3v) is 7.93. The monoisotopic (exact) mass is 474 g/mol. The third kappa shape index (κ3) is 4.40. The fourth-order valence-electron chi connectivity index (χ4n) is 4.11. The number of amides is 1. The lowest BCUT2D eigenvalue weighted by atomic mass is 10.1. The van der Waals surface area contributed by atoms with Crippen LogP contribution in [0.15, 0.2) is 35.2 Å². The van der Waals surface area contributed by atoms with E-state index in [0.29, 0.717) is 18.0 Å². The Labute approximate surface area is 192 Å². The molecule has 0 unspecified atom stereocenters. The zero-order valence-electron chi connectivity index (χ0n) is 18.7. The Kier molecular flexibility index (Phi) is 6.31. The average Bonchev–Trinajstić information content (AvgIpc) is 3.25. The molecule has 9 nitrogen and oxygen atoms in total. The number of methoxy groups -OCH3 is 1. The number of Topliss-reactive ketones (excluding diaryl/α,β-unsaturated/α-hetero) is 1. The van der Waals surface area contributed by atoms with Crippen LogP contribution < -0.4 is 19.5 Å². The molecule has 1 amide bonds. The maximum atomic E-state index is 13.4. The Morgan fingerprint density at radius 2 is 1.85 bits per heavy atom.